The molecule has 0 radical (unpaired) electrons. The van der Waals surface area contributed by atoms with Crippen LogP contribution in [0.2, 0.25) is 0 Å². The highest BCUT2D eigenvalue weighted by Crippen LogP contribution is 2.25. The molecule has 0 spiro atoms. The molecule has 1 aliphatic heterocycles. The molecule has 1 aliphatic rings. The molecule has 2 rings (SSSR count). The Morgan fingerprint density at radius 1 is 1.47 bits per heavy atom. The van der Waals surface area contributed by atoms with Crippen LogP contribution < -0.4 is 0 Å². The van der Waals surface area contributed by atoms with Gasteiger partial charge in [-0.05, 0) is 19.8 Å². The summed E-state index contributed by atoms with van der Waals surface area (Å²) in [5.41, 5.74) is 0. The lowest BCUT2D eigenvalue weighted by atomic mass is 9.99. The van der Waals surface area contributed by atoms with Gasteiger partial charge < -0.3 is 14.4 Å². The van der Waals surface area contributed by atoms with Gasteiger partial charge in [-0.2, -0.15) is 0 Å². The van der Waals surface area contributed by atoms with Gasteiger partial charge in [-0.25, -0.2) is 0 Å². The molecule has 94 valence electrons. The van der Waals surface area contributed by atoms with Gasteiger partial charge in [-0.15, -0.1) is 10.2 Å². The minimum Gasteiger partial charge on any atom is -0.481 e. The fourth-order valence-electron chi connectivity index (χ4n) is 2.14. The molecule has 0 aromatic carbocycles. The summed E-state index contributed by atoms with van der Waals surface area (Å²) < 4.78 is 7.24. The summed E-state index contributed by atoms with van der Waals surface area (Å²) in [6.45, 7) is 3.80. The number of nitrogens with zero attached hydrogens (tertiary/aromatic N) is 3. The zero-order valence-electron chi connectivity index (χ0n) is 9.93. The van der Waals surface area contributed by atoms with Gasteiger partial charge in [0.15, 0.2) is 0 Å². The predicted octanol–water partition coefficient (Wildman–Crippen LogP) is 0.955. The van der Waals surface area contributed by atoms with Crippen molar-refractivity contribution in [2.75, 3.05) is 13.2 Å². The molecule has 1 aromatic rings. The summed E-state index contributed by atoms with van der Waals surface area (Å²) >= 11 is 0. The average Bonchev–Trinajstić information content (AvgIpc) is 2.69. The quantitative estimate of drug-likeness (QED) is 0.846. The van der Waals surface area contributed by atoms with Gasteiger partial charge >= 0.3 is 5.97 Å². The fourth-order valence-corrected chi connectivity index (χ4v) is 2.14. The molecule has 1 saturated heterocycles. The predicted molar refractivity (Wildman–Crippen MR) is 59.8 cm³/mol. The molecule has 0 atom stereocenters. The van der Waals surface area contributed by atoms with Crippen LogP contribution in [0.3, 0.4) is 0 Å². The molecule has 0 unspecified atom stereocenters. The highest BCUT2D eigenvalue weighted by Gasteiger charge is 2.22. The summed E-state index contributed by atoms with van der Waals surface area (Å²) in [6, 6.07) is 0. The van der Waals surface area contributed by atoms with Crippen molar-refractivity contribution in [1.29, 1.82) is 0 Å². The first-order chi connectivity index (χ1) is 8.18. The minimum absolute atomic E-state index is 0.106. The van der Waals surface area contributed by atoms with Crippen LogP contribution >= 0.6 is 0 Å². The number of carbonyl (C=O) groups is 1. The number of carboxylic acid groups (broad SMARTS) is 1. The van der Waals surface area contributed by atoms with Crippen LogP contribution in [0.25, 0.3) is 0 Å². The van der Waals surface area contributed by atoms with Gasteiger partial charge in [0.2, 0.25) is 0 Å². The highest BCUT2D eigenvalue weighted by molar-refractivity contribution is 5.66. The molecule has 6 nitrogen and oxygen atoms in total. The molecule has 0 amide bonds. The van der Waals surface area contributed by atoms with Crippen LogP contribution in [0, 0.1) is 6.92 Å². The van der Waals surface area contributed by atoms with E-state index in [1.54, 1.807) is 0 Å². The van der Waals surface area contributed by atoms with Crippen LogP contribution in [0.15, 0.2) is 0 Å². The van der Waals surface area contributed by atoms with E-state index in [0.717, 1.165) is 37.7 Å². The van der Waals surface area contributed by atoms with E-state index in [9.17, 15) is 4.79 Å². The van der Waals surface area contributed by atoms with Crippen LogP contribution in [0.5, 0.6) is 0 Å². The van der Waals surface area contributed by atoms with E-state index >= 15 is 0 Å². The third-order valence-corrected chi connectivity index (χ3v) is 3.10. The summed E-state index contributed by atoms with van der Waals surface area (Å²) in [5, 5.41) is 17.0. The number of ether oxygens (including phenoxy) is 1. The second-order valence-electron chi connectivity index (χ2n) is 4.29. The van der Waals surface area contributed by atoms with Gasteiger partial charge in [0.1, 0.15) is 11.6 Å². The summed E-state index contributed by atoms with van der Waals surface area (Å²) in [4.78, 5) is 10.6. The Labute approximate surface area is 99.6 Å². The Kier molecular flexibility index (Phi) is 3.73. The van der Waals surface area contributed by atoms with Crippen molar-refractivity contribution in [3.05, 3.63) is 11.6 Å². The van der Waals surface area contributed by atoms with E-state index in [1.807, 2.05) is 11.5 Å². The van der Waals surface area contributed by atoms with E-state index in [2.05, 4.69) is 10.2 Å². The van der Waals surface area contributed by atoms with Crippen molar-refractivity contribution in [3.8, 4) is 0 Å². The Morgan fingerprint density at radius 3 is 2.82 bits per heavy atom. The number of aryl methyl sites for hydroxylation is 1. The first-order valence-corrected chi connectivity index (χ1v) is 5.87. The van der Waals surface area contributed by atoms with Gasteiger partial charge in [-0.1, -0.05) is 0 Å². The van der Waals surface area contributed by atoms with Crippen molar-refractivity contribution < 1.29 is 14.6 Å². The van der Waals surface area contributed by atoms with E-state index < -0.39 is 5.97 Å². The lowest BCUT2D eigenvalue weighted by Crippen LogP contribution is -2.19. The Bertz CT molecular complexity index is 397. The molecule has 1 fully saturated rings. The molecular weight excluding hydrogens is 222 g/mol. The van der Waals surface area contributed by atoms with Crippen molar-refractivity contribution in [3.63, 3.8) is 0 Å². The number of carboxylic acids is 1. The van der Waals surface area contributed by atoms with E-state index in [4.69, 9.17) is 9.84 Å². The van der Waals surface area contributed by atoms with Gasteiger partial charge in [-0.3, -0.25) is 4.79 Å². The largest absolute Gasteiger partial charge is 0.481 e. The zero-order chi connectivity index (χ0) is 12.3. The van der Waals surface area contributed by atoms with Gasteiger partial charge in [0.05, 0.1) is 6.42 Å². The molecule has 2 heterocycles. The van der Waals surface area contributed by atoms with Crippen molar-refractivity contribution in [1.82, 2.24) is 14.8 Å². The number of aliphatic carboxylic acids is 1. The SMILES string of the molecule is Cc1nnc(C2CCOCC2)n1CCC(=O)O. The van der Waals surface area contributed by atoms with Crippen LogP contribution in [0.1, 0.15) is 36.8 Å². The maximum absolute atomic E-state index is 10.6. The normalized spacial score (nSPS) is 17.2. The maximum atomic E-state index is 10.6. The van der Waals surface area contributed by atoms with E-state index in [0.29, 0.717) is 12.5 Å². The molecule has 6 heteroatoms. The lowest BCUT2D eigenvalue weighted by Gasteiger charge is -2.22. The first-order valence-electron chi connectivity index (χ1n) is 5.87. The highest BCUT2D eigenvalue weighted by atomic mass is 16.5. The van der Waals surface area contributed by atoms with Crippen molar-refractivity contribution in [2.24, 2.45) is 0 Å². The van der Waals surface area contributed by atoms with Crippen LogP contribution in [0.4, 0.5) is 0 Å². The first kappa shape index (κ1) is 12.0. The number of hydrogen-bond donors (Lipinski definition) is 1. The third kappa shape index (κ3) is 2.82. The maximum Gasteiger partial charge on any atom is 0.305 e. The second-order valence-corrected chi connectivity index (χ2v) is 4.29. The van der Waals surface area contributed by atoms with Crippen molar-refractivity contribution in [2.45, 2.75) is 38.6 Å². The molecule has 0 saturated carbocycles. The van der Waals surface area contributed by atoms with Crippen LogP contribution in [-0.4, -0.2) is 39.1 Å². The van der Waals surface area contributed by atoms with E-state index in [1.165, 1.54) is 0 Å². The molecule has 0 aliphatic carbocycles. The standard InChI is InChI=1S/C11H17N3O3/c1-8-12-13-11(9-3-6-17-7-4-9)14(8)5-2-10(15)16/h9H,2-7H2,1H3,(H,15,16). The van der Waals surface area contributed by atoms with Gasteiger partial charge in [0, 0.05) is 25.7 Å². The summed E-state index contributed by atoms with van der Waals surface area (Å²) in [6.07, 6.45) is 1.98. The monoisotopic (exact) mass is 239 g/mol. The van der Waals surface area contributed by atoms with Crippen LogP contribution in [-0.2, 0) is 16.1 Å². The Hall–Kier alpha value is -1.43. The number of rotatable bonds is 4. The zero-order valence-corrected chi connectivity index (χ0v) is 9.93. The lowest BCUT2D eigenvalue weighted by molar-refractivity contribution is -0.137. The fraction of sp³-hybridized carbons (Fsp3) is 0.727. The summed E-state index contributed by atoms with van der Waals surface area (Å²) in [7, 11) is 0. The molecule has 0 bridgehead atoms. The second kappa shape index (κ2) is 5.27. The minimum atomic E-state index is -0.795. The smallest absolute Gasteiger partial charge is 0.305 e. The van der Waals surface area contributed by atoms with E-state index in [-0.39, 0.29) is 6.42 Å². The summed E-state index contributed by atoms with van der Waals surface area (Å²) in [5.74, 6) is 1.24. The molecule has 17 heavy (non-hydrogen) atoms. The van der Waals surface area contributed by atoms with Gasteiger partial charge in [0.25, 0.3) is 0 Å². The van der Waals surface area contributed by atoms with Crippen molar-refractivity contribution >= 4 is 5.97 Å². The molecular formula is C11H17N3O3. The Morgan fingerprint density at radius 2 is 2.18 bits per heavy atom. The molecule has 1 aromatic heterocycles. The average molecular weight is 239 g/mol. The molecule has 1 N–H and O–H groups in total. The topological polar surface area (TPSA) is 77.2 Å². The number of aromatic nitrogens is 3. The number of hydrogen-bond acceptors (Lipinski definition) is 4. The Balaban J connectivity index is 2.12. The third-order valence-electron chi connectivity index (χ3n) is 3.10.